The Morgan fingerprint density at radius 1 is 1.60 bits per heavy atom. The molecule has 1 N–H and O–H groups in total. The summed E-state index contributed by atoms with van der Waals surface area (Å²) in [7, 11) is 0. The molecule has 82 valence electrons. The van der Waals surface area contributed by atoms with Crippen molar-refractivity contribution in [1.82, 2.24) is 15.1 Å². The van der Waals surface area contributed by atoms with Crippen LogP contribution in [-0.2, 0) is 11.3 Å². The molecular formula is C8H9Cl2N3O2. The number of carbonyl (C=O) groups is 1. The monoisotopic (exact) mass is 249 g/mol. The molecule has 1 heterocycles. The number of hydrogen-bond donors (Lipinski definition) is 1. The van der Waals surface area contributed by atoms with E-state index in [-0.39, 0.29) is 22.5 Å². The first-order valence-electron chi connectivity index (χ1n) is 4.24. The van der Waals surface area contributed by atoms with Gasteiger partial charge in [0.2, 0.25) is 5.91 Å². The third kappa shape index (κ3) is 2.94. The number of likely N-dealkylation sites (N-methyl/N-ethyl adjacent to an activating group) is 1. The largest absolute Gasteiger partial charge is 0.355 e. The van der Waals surface area contributed by atoms with Crippen LogP contribution in [0.1, 0.15) is 6.92 Å². The number of hydrogen-bond acceptors (Lipinski definition) is 3. The molecular weight excluding hydrogens is 241 g/mol. The maximum atomic E-state index is 11.4. The zero-order chi connectivity index (χ0) is 11.4. The molecule has 0 aromatic carbocycles. The molecule has 15 heavy (non-hydrogen) atoms. The van der Waals surface area contributed by atoms with Gasteiger partial charge in [-0.2, -0.15) is 5.10 Å². The highest BCUT2D eigenvalue weighted by Gasteiger charge is 2.09. The summed E-state index contributed by atoms with van der Waals surface area (Å²) in [6.45, 7) is 2.11. The Morgan fingerprint density at radius 3 is 2.87 bits per heavy atom. The van der Waals surface area contributed by atoms with E-state index in [4.69, 9.17) is 23.2 Å². The number of carbonyl (C=O) groups excluding carboxylic acids is 1. The van der Waals surface area contributed by atoms with Gasteiger partial charge in [-0.3, -0.25) is 9.59 Å². The Bertz CT molecular complexity index is 430. The first-order chi connectivity index (χ1) is 7.06. The third-order valence-electron chi connectivity index (χ3n) is 1.61. The summed E-state index contributed by atoms with van der Waals surface area (Å²) in [6.07, 6.45) is 1.23. The predicted octanol–water partition coefficient (Wildman–Crippen LogP) is 0.686. The number of rotatable bonds is 3. The van der Waals surface area contributed by atoms with Crippen molar-refractivity contribution in [2.24, 2.45) is 0 Å². The van der Waals surface area contributed by atoms with Gasteiger partial charge in [-0.15, -0.1) is 0 Å². The van der Waals surface area contributed by atoms with E-state index in [1.807, 2.05) is 0 Å². The standard InChI is InChI=1S/C8H9Cl2N3O2/c1-2-11-6(14)4-13-8(15)7(10)5(9)3-12-13/h3H,2,4H2,1H3,(H,11,14). The Balaban J connectivity index is 2.92. The second kappa shape index (κ2) is 5.14. The summed E-state index contributed by atoms with van der Waals surface area (Å²) in [6, 6.07) is 0. The fourth-order valence-corrected chi connectivity index (χ4v) is 1.22. The summed E-state index contributed by atoms with van der Waals surface area (Å²) >= 11 is 11.2. The molecule has 0 fully saturated rings. The highest BCUT2D eigenvalue weighted by Crippen LogP contribution is 2.14. The van der Waals surface area contributed by atoms with Crippen LogP contribution < -0.4 is 10.9 Å². The van der Waals surface area contributed by atoms with E-state index in [0.29, 0.717) is 6.54 Å². The van der Waals surface area contributed by atoms with Crippen LogP contribution in [0.15, 0.2) is 11.0 Å². The molecule has 0 spiro atoms. The van der Waals surface area contributed by atoms with Crippen LogP contribution >= 0.6 is 23.2 Å². The smallest absolute Gasteiger partial charge is 0.287 e. The van der Waals surface area contributed by atoms with Crippen LogP contribution in [0.25, 0.3) is 0 Å². The molecule has 0 aliphatic carbocycles. The van der Waals surface area contributed by atoms with Crippen LogP contribution in [0, 0.1) is 0 Å². The molecule has 7 heteroatoms. The Hall–Kier alpha value is -1.07. The van der Waals surface area contributed by atoms with Crippen molar-refractivity contribution >= 4 is 29.1 Å². The normalized spacial score (nSPS) is 10.1. The molecule has 1 rings (SSSR count). The molecule has 0 aliphatic heterocycles. The molecule has 0 bridgehead atoms. The second-order valence-electron chi connectivity index (χ2n) is 2.72. The molecule has 0 aliphatic rings. The summed E-state index contributed by atoms with van der Waals surface area (Å²) < 4.78 is 0.958. The van der Waals surface area contributed by atoms with Crippen LogP contribution in [0.2, 0.25) is 10.0 Å². The fraction of sp³-hybridized carbons (Fsp3) is 0.375. The summed E-state index contributed by atoms with van der Waals surface area (Å²) in [5.41, 5.74) is -0.574. The Morgan fingerprint density at radius 2 is 2.27 bits per heavy atom. The van der Waals surface area contributed by atoms with Crippen LogP contribution in [0.5, 0.6) is 0 Å². The maximum absolute atomic E-state index is 11.4. The fourth-order valence-electron chi connectivity index (χ4n) is 0.947. The first-order valence-corrected chi connectivity index (χ1v) is 4.99. The van der Waals surface area contributed by atoms with Crippen molar-refractivity contribution in [3.05, 3.63) is 26.6 Å². The van der Waals surface area contributed by atoms with Crippen molar-refractivity contribution in [3.8, 4) is 0 Å². The number of halogens is 2. The first kappa shape index (κ1) is 12.0. The summed E-state index contributed by atoms with van der Waals surface area (Å²) in [4.78, 5) is 22.6. The van der Waals surface area contributed by atoms with E-state index in [2.05, 4.69) is 10.4 Å². The number of nitrogens with one attached hydrogen (secondary N) is 1. The zero-order valence-corrected chi connectivity index (χ0v) is 9.47. The molecule has 0 saturated carbocycles. The van der Waals surface area contributed by atoms with Gasteiger partial charge in [0.15, 0.2) is 0 Å². The van der Waals surface area contributed by atoms with E-state index in [1.165, 1.54) is 6.20 Å². The Labute approximate surface area is 96.0 Å². The molecule has 5 nitrogen and oxygen atoms in total. The maximum Gasteiger partial charge on any atom is 0.287 e. The van der Waals surface area contributed by atoms with E-state index >= 15 is 0 Å². The minimum absolute atomic E-state index is 0.0776. The highest BCUT2D eigenvalue weighted by molar-refractivity contribution is 6.41. The Kier molecular flexibility index (Phi) is 4.11. The molecule has 0 radical (unpaired) electrons. The molecule has 0 atom stereocenters. The minimum atomic E-state index is -0.574. The lowest BCUT2D eigenvalue weighted by Crippen LogP contribution is -2.33. The van der Waals surface area contributed by atoms with Gasteiger partial charge in [0.25, 0.3) is 5.56 Å². The SMILES string of the molecule is CCNC(=O)Cn1ncc(Cl)c(Cl)c1=O. The van der Waals surface area contributed by atoms with Crippen molar-refractivity contribution in [3.63, 3.8) is 0 Å². The van der Waals surface area contributed by atoms with Crippen LogP contribution in [0.4, 0.5) is 0 Å². The van der Waals surface area contributed by atoms with Gasteiger partial charge in [0.1, 0.15) is 11.6 Å². The van der Waals surface area contributed by atoms with Crippen molar-refractivity contribution in [2.75, 3.05) is 6.54 Å². The van der Waals surface area contributed by atoms with Crippen molar-refractivity contribution < 1.29 is 4.79 Å². The predicted molar refractivity (Wildman–Crippen MR) is 57.2 cm³/mol. The van der Waals surface area contributed by atoms with Gasteiger partial charge in [-0.05, 0) is 6.92 Å². The molecule has 1 amide bonds. The van der Waals surface area contributed by atoms with Gasteiger partial charge in [-0.1, -0.05) is 23.2 Å². The van der Waals surface area contributed by atoms with Crippen molar-refractivity contribution in [1.29, 1.82) is 0 Å². The zero-order valence-electron chi connectivity index (χ0n) is 7.96. The lowest BCUT2D eigenvalue weighted by Gasteiger charge is -2.05. The molecule has 1 aromatic heterocycles. The summed E-state index contributed by atoms with van der Waals surface area (Å²) in [5.74, 6) is -0.300. The number of aromatic nitrogens is 2. The molecule has 1 aromatic rings. The van der Waals surface area contributed by atoms with Gasteiger partial charge >= 0.3 is 0 Å². The highest BCUT2D eigenvalue weighted by atomic mass is 35.5. The van der Waals surface area contributed by atoms with E-state index in [0.717, 1.165) is 4.68 Å². The third-order valence-corrected chi connectivity index (χ3v) is 2.36. The summed E-state index contributed by atoms with van der Waals surface area (Å²) in [5, 5.41) is 6.18. The second-order valence-corrected chi connectivity index (χ2v) is 3.51. The number of nitrogens with zero attached hydrogens (tertiary/aromatic N) is 2. The van der Waals surface area contributed by atoms with Gasteiger partial charge in [0, 0.05) is 6.54 Å². The van der Waals surface area contributed by atoms with E-state index < -0.39 is 5.56 Å². The van der Waals surface area contributed by atoms with Gasteiger partial charge in [0.05, 0.1) is 11.2 Å². The quantitative estimate of drug-likeness (QED) is 0.858. The average Bonchev–Trinajstić information content (AvgIpc) is 2.20. The molecule has 0 saturated heterocycles. The topological polar surface area (TPSA) is 64.0 Å². The van der Waals surface area contributed by atoms with E-state index in [1.54, 1.807) is 6.92 Å². The average molecular weight is 250 g/mol. The van der Waals surface area contributed by atoms with E-state index in [9.17, 15) is 9.59 Å². The minimum Gasteiger partial charge on any atom is -0.355 e. The lowest BCUT2D eigenvalue weighted by atomic mass is 10.5. The van der Waals surface area contributed by atoms with Gasteiger partial charge in [-0.25, -0.2) is 4.68 Å². The lowest BCUT2D eigenvalue weighted by molar-refractivity contribution is -0.121. The molecule has 0 unspecified atom stereocenters. The van der Waals surface area contributed by atoms with Gasteiger partial charge < -0.3 is 5.32 Å². The van der Waals surface area contributed by atoms with Crippen molar-refractivity contribution in [2.45, 2.75) is 13.5 Å². The van der Waals surface area contributed by atoms with Crippen LogP contribution in [-0.4, -0.2) is 22.2 Å². The number of amides is 1. The van der Waals surface area contributed by atoms with Crippen LogP contribution in [0.3, 0.4) is 0 Å².